The Bertz CT molecular complexity index is 1020. The van der Waals surface area contributed by atoms with Crippen LogP contribution in [-0.4, -0.2) is 13.2 Å². The molecule has 0 heterocycles. The summed E-state index contributed by atoms with van der Waals surface area (Å²) < 4.78 is 6.80. The molecule has 0 bridgehead atoms. The van der Waals surface area contributed by atoms with Crippen molar-refractivity contribution in [2.75, 3.05) is 0 Å². The molecule has 32 heavy (non-hydrogen) atoms. The van der Waals surface area contributed by atoms with Crippen molar-refractivity contribution in [3.63, 3.8) is 0 Å². The summed E-state index contributed by atoms with van der Waals surface area (Å²) in [6.07, 6.45) is 0. The molecule has 0 amide bonds. The van der Waals surface area contributed by atoms with Crippen molar-refractivity contribution in [2.24, 2.45) is 0 Å². The molecular weight excluding hydrogens is 414 g/mol. The fourth-order valence-electron chi connectivity index (χ4n) is 3.77. The van der Waals surface area contributed by atoms with Crippen molar-refractivity contribution in [1.82, 2.24) is 0 Å². The third-order valence-corrected chi connectivity index (χ3v) is 9.19. The fourth-order valence-corrected chi connectivity index (χ4v) is 7.62. The van der Waals surface area contributed by atoms with E-state index in [4.69, 9.17) is 4.43 Å². The first kappa shape index (κ1) is 23.1. The highest BCUT2D eigenvalue weighted by Gasteiger charge is 2.42. The van der Waals surface area contributed by atoms with Crippen LogP contribution in [0.4, 0.5) is 5.69 Å². The maximum Gasteiger partial charge on any atom is 0.288 e. The Labute approximate surface area is 190 Å². The summed E-state index contributed by atoms with van der Waals surface area (Å²) >= 11 is 0. The number of hydrogen-bond acceptors (Lipinski definition) is 3. The van der Waals surface area contributed by atoms with E-state index in [0.29, 0.717) is 5.56 Å². The molecule has 0 unspecified atom stereocenters. The van der Waals surface area contributed by atoms with Crippen LogP contribution >= 0.6 is 0 Å². The average molecular weight is 442 g/mol. The Kier molecular flexibility index (Phi) is 8.08. The average Bonchev–Trinajstić information content (AvgIpc) is 2.88. The van der Waals surface area contributed by atoms with Gasteiger partial charge in [-0.3, -0.25) is 10.1 Å². The lowest BCUT2D eigenvalue weighted by molar-refractivity contribution is -0.385. The molecule has 0 N–H and O–H groups in total. The van der Waals surface area contributed by atoms with Gasteiger partial charge in [0.05, 0.1) is 17.1 Å². The normalized spacial score (nSPS) is 10.7. The van der Waals surface area contributed by atoms with E-state index < -0.39 is 8.32 Å². The molecule has 0 aliphatic rings. The summed E-state index contributed by atoms with van der Waals surface area (Å²) in [6.45, 7) is 4.15. The van der Waals surface area contributed by atoms with Gasteiger partial charge in [-0.1, -0.05) is 117 Å². The molecule has 0 saturated heterocycles. The van der Waals surface area contributed by atoms with Crippen LogP contribution in [0.15, 0.2) is 115 Å². The Morgan fingerprint density at radius 2 is 1.03 bits per heavy atom. The second kappa shape index (κ2) is 11.2. The number of hydrogen-bond donors (Lipinski definition) is 0. The molecule has 0 aliphatic carbocycles. The van der Waals surface area contributed by atoms with Crippen LogP contribution in [0.2, 0.25) is 0 Å². The van der Waals surface area contributed by atoms with Crippen molar-refractivity contribution in [3.05, 3.63) is 131 Å². The van der Waals surface area contributed by atoms with Crippen molar-refractivity contribution < 1.29 is 9.35 Å². The van der Waals surface area contributed by atoms with E-state index in [1.165, 1.54) is 6.07 Å². The standard InChI is InChI=1S/C25H21NO3Si.C2H6/c27-26(28)25-19-11-10-12-21(25)20-29-30(22-13-4-1-5-14-22,23-15-6-2-7-16-23)24-17-8-3-9-18-24;1-2/h1-19H,20H2;1-2H3. The number of rotatable bonds is 7. The zero-order valence-electron chi connectivity index (χ0n) is 18.3. The maximum absolute atomic E-state index is 11.5. The molecule has 4 aromatic carbocycles. The van der Waals surface area contributed by atoms with Gasteiger partial charge in [0, 0.05) is 6.07 Å². The zero-order chi connectivity index (χ0) is 22.8. The quantitative estimate of drug-likeness (QED) is 0.179. The summed E-state index contributed by atoms with van der Waals surface area (Å²) in [4.78, 5) is 11.2. The fraction of sp³-hybridized carbons (Fsp3) is 0.111. The number of nitrogens with zero attached hydrogens (tertiary/aromatic N) is 1. The van der Waals surface area contributed by atoms with Gasteiger partial charge in [0.15, 0.2) is 0 Å². The molecule has 0 aromatic heterocycles. The van der Waals surface area contributed by atoms with E-state index in [0.717, 1.165) is 15.6 Å². The van der Waals surface area contributed by atoms with E-state index in [9.17, 15) is 10.1 Å². The smallest absolute Gasteiger partial charge is 0.288 e. The minimum atomic E-state index is -2.89. The first-order valence-corrected chi connectivity index (χ1v) is 12.7. The van der Waals surface area contributed by atoms with E-state index in [1.807, 2.05) is 74.5 Å². The van der Waals surface area contributed by atoms with Crippen LogP contribution < -0.4 is 15.6 Å². The van der Waals surface area contributed by atoms with Gasteiger partial charge in [-0.05, 0) is 21.6 Å². The molecule has 0 saturated carbocycles. The summed E-state index contributed by atoms with van der Waals surface area (Å²) in [6, 6.07) is 37.3. The Morgan fingerprint density at radius 1 is 0.656 bits per heavy atom. The van der Waals surface area contributed by atoms with E-state index >= 15 is 0 Å². The molecule has 4 aromatic rings. The Balaban J connectivity index is 0.00000141. The first-order chi connectivity index (χ1) is 15.7. The number of para-hydroxylation sites is 1. The van der Waals surface area contributed by atoms with Gasteiger partial charge < -0.3 is 4.43 Å². The summed E-state index contributed by atoms with van der Waals surface area (Å²) in [7, 11) is -2.89. The van der Waals surface area contributed by atoms with Crippen LogP contribution in [0.25, 0.3) is 0 Å². The maximum atomic E-state index is 11.5. The van der Waals surface area contributed by atoms with Crippen LogP contribution in [0, 0.1) is 10.1 Å². The van der Waals surface area contributed by atoms with Gasteiger partial charge in [-0.25, -0.2) is 0 Å². The van der Waals surface area contributed by atoms with Crippen LogP contribution in [0.1, 0.15) is 19.4 Å². The Hall–Kier alpha value is -3.54. The molecule has 0 fully saturated rings. The summed E-state index contributed by atoms with van der Waals surface area (Å²) in [5, 5.41) is 14.8. The van der Waals surface area contributed by atoms with Crippen molar-refractivity contribution in [3.8, 4) is 0 Å². The topological polar surface area (TPSA) is 52.4 Å². The first-order valence-electron chi connectivity index (χ1n) is 10.7. The van der Waals surface area contributed by atoms with E-state index in [-0.39, 0.29) is 17.2 Å². The monoisotopic (exact) mass is 441 g/mol. The van der Waals surface area contributed by atoms with Gasteiger partial charge in [-0.15, -0.1) is 0 Å². The van der Waals surface area contributed by atoms with Crippen molar-refractivity contribution >= 4 is 29.6 Å². The van der Waals surface area contributed by atoms with Crippen LogP contribution in [0.3, 0.4) is 0 Å². The van der Waals surface area contributed by atoms with Crippen LogP contribution in [-0.2, 0) is 11.0 Å². The molecular formula is C27H27NO3Si. The van der Waals surface area contributed by atoms with Gasteiger partial charge in [0.1, 0.15) is 0 Å². The second-order valence-electron chi connectivity index (χ2n) is 6.95. The molecule has 0 aliphatic heterocycles. The van der Waals surface area contributed by atoms with Gasteiger partial charge in [-0.2, -0.15) is 0 Å². The molecule has 0 radical (unpaired) electrons. The summed E-state index contributed by atoms with van der Waals surface area (Å²) in [5.41, 5.74) is 0.650. The predicted molar refractivity (Wildman–Crippen MR) is 133 cm³/mol. The lowest BCUT2D eigenvalue weighted by Gasteiger charge is -2.33. The van der Waals surface area contributed by atoms with Crippen molar-refractivity contribution in [1.29, 1.82) is 0 Å². The predicted octanol–water partition coefficient (Wildman–Crippen LogP) is 4.80. The lowest BCUT2D eigenvalue weighted by atomic mass is 10.2. The SMILES string of the molecule is CC.O=[N+]([O-])c1ccccc1CO[Si](c1ccccc1)(c1ccccc1)c1ccccc1. The molecule has 5 heteroatoms. The molecule has 0 atom stereocenters. The largest absolute Gasteiger partial charge is 0.399 e. The van der Waals surface area contributed by atoms with Gasteiger partial charge >= 0.3 is 0 Å². The third kappa shape index (κ3) is 4.85. The third-order valence-electron chi connectivity index (χ3n) is 5.17. The molecule has 4 nitrogen and oxygen atoms in total. The molecule has 162 valence electrons. The van der Waals surface area contributed by atoms with Gasteiger partial charge in [0.25, 0.3) is 14.0 Å². The van der Waals surface area contributed by atoms with Gasteiger partial charge in [0.2, 0.25) is 0 Å². The van der Waals surface area contributed by atoms with E-state index in [2.05, 4.69) is 36.4 Å². The number of nitro benzene ring substituents is 1. The summed E-state index contributed by atoms with van der Waals surface area (Å²) in [5.74, 6) is 0. The highest BCUT2D eigenvalue weighted by Crippen LogP contribution is 2.21. The lowest BCUT2D eigenvalue weighted by Crippen LogP contribution is -2.69. The number of nitro groups is 1. The van der Waals surface area contributed by atoms with Crippen LogP contribution in [0.5, 0.6) is 0 Å². The molecule has 0 spiro atoms. The van der Waals surface area contributed by atoms with Crippen molar-refractivity contribution in [2.45, 2.75) is 20.5 Å². The van der Waals surface area contributed by atoms with E-state index in [1.54, 1.807) is 12.1 Å². The highest BCUT2D eigenvalue weighted by atomic mass is 28.4. The zero-order valence-corrected chi connectivity index (χ0v) is 19.3. The Morgan fingerprint density at radius 3 is 1.44 bits per heavy atom. The minimum Gasteiger partial charge on any atom is -0.399 e. The molecule has 4 rings (SSSR count). The highest BCUT2D eigenvalue weighted by molar-refractivity contribution is 7.07. The number of benzene rings is 4. The minimum absolute atomic E-state index is 0.0783. The second-order valence-corrected chi connectivity index (χ2v) is 10.3.